The first kappa shape index (κ1) is 20.5. The zero-order chi connectivity index (χ0) is 23.1. The summed E-state index contributed by atoms with van der Waals surface area (Å²) < 4.78 is 5.67. The van der Waals surface area contributed by atoms with Crippen LogP contribution in [-0.2, 0) is 0 Å². The van der Waals surface area contributed by atoms with Gasteiger partial charge in [0.15, 0.2) is 5.78 Å². The van der Waals surface area contributed by atoms with E-state index in [9.17, 15) is 9.59 Å². The van der Waals surface area contributed by atoms with E-state index in [0.717, 1.165) is 27.4 Å². The minimum absolute atomic E-state index is 0.0232. The maximum Gasteiger partial charge on any atom is 0.343 e. The Morgan fingerprint density at radius 1 is 0.794 bits per heavy atom. The zero-order valence-corrected chi connectivity index (χ0v) is 18.8. The molecule has 1 aliphatic heterocycles. The topological polar surface area (TPSA) is 55.4 Å². The number of fused-ring (bicyclic) bond motifs is 3. The molecule has 0 amide bonds. The molecular formula is C29H19NO3S. The second-order valence-corrected chi connectivity index (χ2v) is 9.26. The third-order valence-electron chi connectivity index (χ3n) is 5.99. The van der Waals surface area contributed by atoms with Crippen molar-refractivity contribution in [2.24, 2.45) is 0 Å². The SMILES string of the molecule is O=C(Oc1cccc([C@@H]2Sc3ccccc3NC3=C2C(=O)c2ccccc23)c1)c1ccccc1. The number of benzene rings is 4. The molecule has 0 bridgehead atoms. The summed E-state index contributed by atoms with van der Waals surface area (Å²) in [5.41, 5.74) is 5.53. The second-order valence-electron chi connectivity index (χ2n) is 8.11. The van der Waals surface area contributed by atoms with Gasteiger partial charge in [0.1, 0.15) is 5.75 Å². The van der Waals surface area contributed by atoms with Crippen LogP contribution in [0.15, 0.2) is 114 Å². The Morgan fingerprint density at radius 2 is 1.53 bits per heavy atom. The third-order valence-corrected chi connectivity index (χ3v) is 7.34. The molecule has 2 aliphatic rings. The minimum atomic E-state index is -0.414. The molecule has 1 N–H and O–H groups in total. The monoisotopic (exact) mass is 461 g/mol. The van der Waals surface area contributed by atoms with E-state index < -0.39 is 5.97 Å². The highest BCUT2D eigenvalue weighted by Crippen LogP contribution is 2.52. The van der Waals surface area contributed by atoms with Crippen molar-refractivity contribution in [1.82, 2.24) is 0 Å². The van der Waals surface area contributed by atoms with Gasteiger partial charge in [-0.1, -0.05) is 66.7 Å². The molecule has 5 heteroatoms. The number of thioether (sulfide) groups is 1. The highest BCUT2D eigenvalue weighted by Gasteiger charge is 2.38. The van der Waals surface area contributed by atoms with Gasteiger partial charge in [-0.05, 0) is 42.0 Å². The molecule has 4 nitrogen and oxygen atoms in total. The molecule has 0 unspecified atom stereocenters. The fourth-order valence-corrected chi connectivity index (χ4v) is 5.68. The van der Waals surface area contributed by atoms with Gasteiger partial charge in [0, 0.05) is 21.6 Å². The van der Waals surface area contributed by atoms with E-state index >= 15 is 0 Å². The molecular weight excluding hydrogens is 442 g/mol. The van der Waals surface area contributed by atoms with Crippen LogP contribution in [0.5, 0.6) is 5.75 Å². The number of hydrogen-bond acceptors (Lipinski definition) is 5. The molecule has 0 radical (unpaired) electrons. The maximum absolute atomic E-state index is 13.6. The fourth-order valence-electron chi connectivity index (χ4n) is 4.40. The van der Waals surface area contributed by atoms with Crippen molar-refractivity contribution in [3.8, 4) is 5.75 Å². The summed E-state index contributed by atoms with van der Waals surface area (Å²) in [4.78, 5) is 27.2. The maximum atomic E-state index is 13.6. The van der Waals surface area contributed by atoms with Crippen molar-refractivity contribution in [3.63, 3.8) is 0 Å². The molecule has 0 saturated carbocycles. The minimum Gasteiger partial charge on any atom is -0.423 e. The highest BCUT2D eigenvalue weighted by molar-refractivity contribution is 8.00. The van der Waals surface area contributed by atoms with Gasteiger partial charge in [0.25, 0.3) is 0 Å². The Labute approximate surface area is 201 Å². The second kappa shape index (κ2) is 8.36. The van der Waals surface area contributed by atoms with Crippen molar-refractivity contribution in [3.05, 3.63) is 131 Å². The Morgan fingerprint density at radius 3 is 2.38 bits per heavy atom. The first-order valence-electron chi connectivity index (χ1n) is 11.0. The number of para-hydroxylation sites is 1. The fraction of sp³-hybridized carbons (Fsp3) is 0.0345. The van der Waals surface area contributed by atoms with Crippen LogP contribution >= 0.6 is 11.8 Å². The molecule has 0 saturated heterocycles. The van der Waals surface area contributed by atoms with E-state index in [1.54, 1.807) is 42.1 Å². The Balaban J connectivity index is 1.43. The van der Waals surface area contributed by atoms with Crippen molar-refractivity contribution in [2.75, 3.05) is 5.32 Å². The lowest BCUT2D eigenvalue weighted by atomic mass is 10.0. The average molecular weight is 462 g/mol. The number of carbonyl (C=O) groups excluding carboxylic acids is 2. The molecule has 6 rings (SSSR count). The van der Waals surface area contributed by atoms with E-state index in [-0.39, 0.29) is 11.0 Å². The van der Waals surface area contributed by atoms with Crippen LogP contribution in [0.3, 0.4) is 0 Å². The predicted molar refractivity (Wildman–Crippen MR) is 134 cm³/mol. The molecule has 0 aromatic heterocycles. The van der Waals surface area contributed by atoms with Crippen molar-refractivity contribution in [2.45, 2.75) is 10.1 Å². The molecule has 1 atom stereocenters. The Kier molecular flexibility index (Phi) is 5.04. The predicted octanol–water partition coefficient (Wildman–Crippen LogP) is 6.77. The first-order chi connectivity index (χ1) is 16.7. The van der Waals surface area contributed by atoms with Gasteiger partial charge in [-0.15, -0.1) is 11.8 Å². The van der Waals surface area contributed by atoms with Crippen LogP contribution in [0.1, 0.15) is 37.1 Å². The van der Waals surface area contributed by atoms with Crippen LogP contribution in [0.25, 0.3) is 5.70 Å². The van der Waals surface area contributed by atoms with E-state index in [2.05, 4.69) is 11.4 Å². The van der Waals surface area contributed by atoms with Gasteiger partial charge < -0.3 is 10.1 Å². The van der Waals surface area contributed by atoms with E-state index in [4.69, 9.17) is 4.74 Å². The van der Waals surface area contributed by atoms with Crippen LogP contribution in [0, 0.1) is 0 Å². The smallest absolute Gasteiger partial charge is 0.343 e. The number of rotatable bonds is 3. The Bertz CT molecular complexity index is 1480. The zero-order valence-electron chi connectivity index (χ0n) is 18.0. The molecule has 0 fully saturated rings. The number of anilines is 1. The number of esters is 1. The molecule has 34 heavy (non-hydrogen) atoms. The first-order valence-corrected chi connectivity index (χ1v) is 11.9. The molecule has 164 valence electrons. The number of Topliss-reactive ketones (excluding diaryl/α,β-unsaturated/α-hetero) is 1. The van der Waals surface area contributed by atoms with Crippen LogP contribution < -0.4 is 10.1 Å². The van der Waals surface area contributed by atoms with Gasteiger partial charge in [-0.25, -0.2) is 4.79 Å². The summed E-state index contributed by atoms with van der Waals surface area (Å²) in [6.45, 7) is 0. The summed E-state index contributed by atoms with van der Waals surface area (Å²) in [6.07, 6.45) is 0. The third kappa shape index (κ3) is 3.51. The number of ketones is 1. The number of hydrogen-bond donors (Lipinski definition) is 1. The molecule has 4 aromatic rings. The van der Waals surface area contributed by atoms with Crippen LogP contribution in [-0.4, -0.2) is 11.8 Å². The lowest BCUT2D eigenvalue weighted by Gasteiger charge is -2.18. The van der Waals surface area contributed by atoms with E-state index in [0.29, 0.717) is 22.4 Å². The standard InChI is InChI=1S/C29H19NO3S/c31-27-22-14-5-4-13-21(22)26-25(27)28(34-24-16-7-6-15-23(24)30-26)19-11-8-12-20(17-19)33-29(32)18-9-2-1-3-10-18/h1-17,28,30H/t28-/m0/s1. The van der Waals surface area contributed by atoms with Crippen LogP contribution in [0.2, 0.25) is 0 Å². The summed E-state index contributed by atoms with van der Waals surface area (Å²) >= 11 is 1.62. The van der Waals surface area contributed by atoms with Crippen LogP contribution in [0.4, 0.5) is 5.69 Å². The number of nitrogens with one attached hydrogen (secondary N) is 1. The lowest BCUT2D eigenvalue weighted by Crippen LogP contribution is -2.10. The molecule has 4 aromatic carbocycles. The largest absolute Gasteiger partial charge is 0.423 e. The Hall–Kier alpha value is -4.09. The summed E-state index contributed by atoms with van der Waals surface area (Å²) in [6, 6.07) is 32.1. The summed E-state index contributed by atoms with van der Waals surface area (Å²) in [5.74, 6) is 0.0557. The van der Waals surface area contributed by atoms with Gasteiger partial charge in [0.2, 0.25) is 0 Å². The van der Waals surface area contributed by atoms with Crippen molar-refractivity contribution >= 4 is 34.9 Å². The number of ether oxygens (including phenoxy) is 1. The normalized spacial score (nSPS) is 16.1. The average Bonchev–Trinajstić information content (AvgIpc) is 3.04. The van der Waals surface area contributed by atoms with Gasteiger partial charge in [0.05, 0.1) is 22.2 Å². The lowest BCUT2D eigenvalue weighted by molar-refractivity contribution is 0.0734. The molecule has 1 aliphatic carbocycles. The van der Waals surface area contributed by atoms with E-state index in [1.165, 1.54) is 0 Å². The van der Waals surface area contributed by atoms with Crippen molar-refractivity contribution in [1.29, 1.82) is 0 Å². The number of carbonyl (C=O) groups is 2. The summed E-state index contributed by atoms with van der Waals surface area (Å²) in [5, 5.41) is 3.27. The van der Waals surface area contributed by atoms with Gasteiger partial charge in [-0.2, -0.15) is 0 Å². The highest BCUT2D eigenvalue weighted by atomic mass is 32.2. The molecule has 1 heterocycles. The van der Waals surface area contributed by atoms with Crippen molar-refractivity contribution < 1.29 is 14.3 Å². The van der Waals surface area contributed by atoms with Gasteiger partial charge in [-0.3, -0.25) is 4.79 Å². The quantitative estimate of drug-likeness (QED) is 0.269. The van der Waals surface area contributed by atoms with Gasteiger partial charge >= 0.3 is 5.97 Å². The molecule has 0 spiro atoms. The summed E-state index contributed by atoms with van der Waals surface area (Å²) in [7, 11) is 0. The van der Waals surface area contributed by atoms with E-state index in [1.807, 2.05) is 66.7 Å².